The first-order valence-electron chi connectivity index (χ1n) is 8.79. The maximum absolute atomic E-state index is 5.87. The van der Waals surface area contributed by atoms with Crippen molar-refractivity contribution in [1.29, 1.82) is 0 Å². The minimum absolute atomic E-state index is 0.584. The van der Waals surface area contributed by atoms with Gasteiger partial charge in [-0.2, -0.15) is 0 Å². The van der Waals surface area contributed by atoms with Crippen LogP contribution < -0.4 is 15.5 Å². The lowest BCUT2D eigenvalue weighted by Crippen LogP contribution is -2.44. The van der Waals surface area contributed by atoms with Gasteiger partial charge in [0.05, 0.1) is 25.1 Å². The highest BCUT2D eigenvalue weighted by atomic mass is 16.5. The lowest BCUT2D eigenvalue weighted by Gasteiger charge is -2.33. The summed E-state index contributed by atoms with van der Waals surface area (Å²) in [5, 5.41) is 7.08. The number of hydrogen-bond acceptors (Lipinski definition) is 5. The highest BCUT2D eigenvalue weighted by molar-refractivity contribution is 5.74. The van der Waals surface area contributed by atoms with Crippen LogP contribution in [-0.2, 0) is 11.3 Å². The van der Waals surface area contributed by atoms with Crippen LogP contribution in [0.3, 0.4) is 0 Å². The van der Waals surface area contributed by atoms with Gasteiger partial charge in [-0.15, -0.1) is 0 Å². The number of nitrogens with one attached hydrogen (secondary N) is 2. The Bertz CT molecular complexity index is 749. The molecule has 0 amide bonds. The third-order valence-electron chi connectivity index (χ3n) is 5.44. The van der Waals surface area contributed by atoms with Crippen LogP contribution in [0, 0.1) is 0 Å². The summed E-state index contributed by atoms with van der Waals surface area (Å²) in [7, 11) is 0. The van der Waals surface area contributed by atoms with E-state index < -0.39 is 0 Å². The summed E-state index contributed by atoms with van der Waals surface area (Å²) < 4.78 is 5.87. The predicted octanol–water partition coefficient (Wildman–Crippen LogP) is 2.62. The number of nitrogens with zero attached hydrogens (tertiary/aromatic N) is 2. The lowest BCUT2D eigenvalue weighted by atomic mass is 9.89. The number of benzene rings is 1. The summed E-state index contributed by atoms with van der Waals surface area (Å²) in [6.07, 6.45) is 4.87. The van der Waals surface area contributed by atoms with E-state index in [0.717, 1.165) is 37.6 Å². The predicted molar refractivity (Wildman–Crippen MR) is 95.0 cm³/mol. The van der Waals surface area contributed by atoms with Crippen molar-refractivity contribution in [2.75, 3.05) is 36.5 Å². The zero-order valence-electron chi connectivity index (χ0n) is 13.7. The van der Waals surface area contributed by atoms with Crippen LogP contribution in [-0.4, -0.2) is 37.3 Å². The molecule has 1 aromatic heterocycles. The molecule has 0 unspecified atom stereocenters. The maximum Gasteiger partial charge on any atom is 0.0738 e. The molecule has 0 bridgehead atoms. The van der Waals surface area contributed by atoms with E-state index in [0.29, 0.717) is 18.6 Å². The molecule has 5 heteroatoms. The van der Waals surface area contributed by atoms with Crippen molar-refractivity contribution in [3.63, 3.8) is 0 Å². The number of ether oxygens (including phenoxy) is 1. The molecule has 0 radical (unpaired) electrons. The van der Waals surface area contributed by atoms with Gasteiger partial charge < -0.3 is 20.3 Å². The molecule has 1 fully saturated rings. The van der Waals surface area contributed by atoms with Gasteiger partial charge in [-0.25, -0.2) is 0 Å². The third kappa shape index (κ3) is 2.27. The summed E-state index contributed by atoms with van der Waals surface area (Å²) in [4.78, 5) is 6.80. The fraction of sp³-hybridized carbons (Fsp3) is 0.421. The van der Waals surface area contributed by atoms with E-state index in [9.17, 15) is 0 Å². The van der Waals surface area contributed by atoms with Crippen LogP contribution in [0.5, 0.6) is 0 Å². The van der Waals surface area contributed by atoms with Gasteiger partial charge in [0.25, 0.3) is 0 Å². The van der Waals surface area contributed by atoms with E-state index >= 15 is 0 Å². The van der Waals surface area contributed by atoms with Crippen molar-refractivity contribution in [2.24, 2.45) is 0 Å². The molecule has 2 aromatic rings. The molecule has 3 aliphatic rings. The van der Waals surface area contributed by atoms with E-state index in [4.69, 9.17) is 4.74 Å². The second kappa shape index (κ2) is 5.76. The fourth-order valence-corrected chi connectivity index (χ4v) is 4.46. The molecule has 3 aliphatic heterocycles. The molecule has 0 spiro atoms. The first-order chi connectivity index (χ1) is 11.9. The highest BCUT2D eigenvalue weighted by Crippen LogP contribution is 2.47. The van der Waals surface area contributed by atoms with Gasteiger partial charge in [0.2, 0.25) is 0 Å². The summed E-state index contributed by atoms with van der Waals surface area (Å²) >= 11 is 0. The van der Waals surface area contributed by atoms with E-state index in [1.165, 1.54) is 23.2 Å². The zero-order chi connectivity index (χ0) is 15.9. The van der Waals surface area contributed by atoms with E-state index in [1.54, 1.807) is 6.20 Å². The maximum atomic E-state index is 5.87. The van der Waals surface area contributed by atoms with Crippen molar-refractivity contribution in [1.82, 2.24) is 10.3 Å². The number of fused-ring (bicyclic) bond motifs is 3. The number of aromatic nitrogens is 1. The summed E-state index contributed by atoms with van der Waals surface area (Å²) in [6, 6.07) is 9.20. The standard InChI is InChI=1S/C19H22N4O/c1-2-14(10-20-4-1)22-15-8-13-12-24-7-6-23-18-3-5-21-11-17(18)16(9-15)19(13)23/h1-2,4,8-10,17-18,21-22H,3,5-7,11-12H2/t17-,18-/m0/s1. The van der Waals surface area contributed by atoms with Crippen molar-refractivity contribution in [3.05, 3.63) is 47.8 Å². The number of piperidine rings is 1. The number of rotatable bonds is 2. The first kappa shape index (κ1) is 14.3. The topological polar surface area (TPSA) is 49.4 Å². The second-order valence-corrected chi connectivity index (χ2v) is 6.85. The number of pyridine rings is 1. The van der Waals surface area contributed by atoms with Crippen LogP contribution in [0.15, 0.2) is 36.7 Å². The largest absolute Gasteiger partial charge is 0.375 e. The average molecular weight is 322 g/mol. The molecule has 5 nitrogen and oxygen atoms in total. The Labute approximate surface area is 142 Å². The molecule has 24 heavy (non-hydrogen) atoms. The molecule has 1 saturated heterocycles. The van der Waals surface area contributed by atoms with Crippen LogP contribution >= 0.6 is 0 Å². The Morgan fingerprint density at radius 2 is 2.29 bits per heavy atom. The van der Waals surface area contributed by atoms with Crippen molar-refractivity contribution in [2.45, 2.75) is 25.0 Å². The van der Waals surface area contributed by atoms with Gasteiger partial charge >= 0.3 is 0 Å². The van der Waals surface area contributed by atoms with Crippen molar-refractivity contribution < 1.29 is 4.74 Å². The Morgan fingerprint density at radius 3 is 3.21 bits per heavy atom. The number of anilines is 3. The Morgan fingerprint density at radius 1 is 1.29 bits per heavy atom. The minimum atomic E-state index is 0.584. The SMILES string of the molecule is c1cncc(Nc2cc3c4c(c2)[C@@H]2CNCC[C@@H]2N4CCOC3)c1. The highest BCUT2D eigenvalue weighted by Gasteiger charge is 2.41. The van der Waals surface area contributed by atoms with Crippen molar-refractivity contribution >= 4 is 17.1 Å². The molecule has 0 saturated carbocycles. The summed E-state index contributed by atoms with van der Waals surface area (Å²) in [5.41, 5.74) is 6.37. The molecule has 124 valence electrons. The van der Waals surface area contributed by atoms with E-state index in [1.807, 2.05) is 18.3 Å². The van der Waals surface area contributed by atoms with Crippen molar-refractivity contribution in [3.8, 4) is 0 Å². The molecule has 2 atom stereocenters. The Balaban J connectivity index is 1.58. The normalized spacial score (nSPS) is 24.9. The number of hydrogen-bond donors (Lipinski definition) is 2. The lowest BCUT2D eigenvalue weighted by molar-refractivity contribution is 0.130. The van der Waals surface area contributed by atoms with Gasteiger partial charge in [-0.3, -0.25) is 4.98 Å². The minimum Gasteiger partial charge on any atom is -0.375 e. The van der Waals surface area contributed by atoms with Gasteiger partial charge in [-0.05, 0) is 42.8 Å². The molecular formula is C19H22N4O. The molecule has 1 aromatic carbocycles. The fourth-order valence-electron chi connectivity index (χ4n) is 4.46. The van der Waals surface area contributed by atoms with Gasteiger partial charge in [-0.1, -0.05) is 0 Å². The second-order valence-electron chi connectivity index (χ2n) is 6.85. The molecule has 5 rings (SSSR count). The Kier molecular flexibility index (Phi) is 3.42. The van der Waals surface area contributed by atoms with E-state index in [-0.39, 0.29) is 0 Å². The Hall–Kier alpha value is -2.11. The molecule has 4 heterocycles. The van der Waals surface area contributed by atoms with Crippen LogP contribution in [0.2, 0.25) is 0 Å². The average Bonchev–Trinajstić information content (AvgIpc) is 2.78. The van der Waals surface area contributed by atoms with Crippen LogP contribution in [0.25, 0.3) is 0 Å². The monoisotopic (exact) mass is 322 g/mol. The molecular weight excluding hydrogens is 300 g/mol. The van der Waals surface area contributed by atoms with Crippen LogP contribution in [0.4, 0.5) is 17.1 Å². The summed E-state index contributed by atoms with van der Waals surface area (Å²) in [5.74, 6) is 0.584. The molecule has 2 N–H and O–H groups in total. The van der Waals surface area contributed by atoms with E-state index in [2.05, 4.69) is 32.7 Å². The molecule has 0 aliphatic carbocycles. The third-order valence-corrected chi connectivity index (χ3v) is 5.44. The summed E-state index contributed by atoms with van der Waals surface area (Å²) in [6.45, 7) is 4.72. The smallest absolute Gasteiger partial charge is 0.0738 e. The van der Waals surface area contributed by atoms with Gasteiger partial charge in [0.15, 0.2) is 0 Å². The van der Waals surface area contributed by atoms with Crippen LogP contribution in [0.1, 0.15) is 23.5 Å². The zero-order valence-corrected chi connectivity index (χ0v) is 13.7. The quantitative estimate of drug-likeness (QED) is 0.890. The first-order valence-corrected chi connectivity index (χ1v) is 8.79. The van der Waals surface area contributed by atoms with Gasteiger partial charge in [0, 0.05) is 48.2 Å². The van der Waals surface area contributed by atoms with Gasteiger partial charge in [0.1, 0.15) is 0 Å².